The summed E-state index contributed by atoms with van der Waals surface area (Å²) in [6, 6.07) is 8.48. The molecule has 0 heterocycles. The van der Waals surface area contributed by atoms with E-state index >= 15 is 0 Å². The van der Waals surface area contributed by atoms with Crippen molar-refractivity contribution in [2.24, 2.45) is 0 Å². The van der Waals surface area contributed by atoms with Gasteiger partial charge in [0.15, 0.2) is 5.54 Å². The second kappa shape index (κ2) is 12.0. The van der Waals surface area contributed by atoms with Crippen LogP contribution < -0.4 is 14.8 Å². The molecule has 1 unspecified atom stereocenters. The highest BCUT2D eigenvalue weighted by molar-refractivity contribution is 5.88. The van der Waals surface area contributed by atoms with Gasteiger partial charge in [0, 0.05) is 24.9 Å². The summed E-state index contributed by atoms with van der Waals surface area (Å²) in [6.45, 7) is 8.24. The van der Waals surface area contributed by atoms with E-state index in [0.29, 0.717) is 48.7 Å². The maximum absolute atomic E-state index is 14.1. The number of rotatable bonds is 12. The molecule has 0 bridgehead atoms. The number of alkyl halides is 2. The highest BCUT2D eigenvalue weighted by atomic mass is 19.3. The van der Waals surface area contributed by atoms with Crippen molar-refractivity contribution in [3.63, 3.8) is 0 Å². The summed E-state index contributed by atoms with van der Waals surface area (Å²) >= 11 is 0. The summed E-state index contributed by atoms with van der Waals surface area (Å²) in [5.41, 5.74) is -0.119. The van der Waals surface area contributed by atoms with Gasteiger partial charge in [0.1, 0.15) is 17.3 Å². The third kappa shape index (κ3) is 6.52. The Kier molecular flexibility index (Phi) is 9.17. The summed E-state index contributed by atoms with van der Waals surface area (Å²) in [6.07, 6.45) is -1.27. The normalized spacial score (nSPS) is 16.2. The molecule has 2 aromatic carbocycles. The van der Waals surface area contributed by atoms with Gasteiger partial charge in [0.05, 0.1) is 19.3 Å². The molecule has 1 saturated carbocycles. The van der Waals surface area contributed by atoms with Gasteiger partial charge in [0.2, 0.25) is 0 Å². The first kappa shape index (κ1) is 29.1. The van der Waals surface area contributed by atoms with Crippen LogP contribution in [0.15, 0.2) is 36.4 Å². The highest BCUT2D eigenvalue weighted by Crippen LogP contribution is 2.46. The van der Waals surface area contributed by atoms with Crippen molar-refractivity contribution in [2.75, 3.05) is 19.8 Å². The standard InChI is InChI=1S/C28H35F3N2O5/c1-5-37-23-14-21(15-24(18(23)3)38-6-2)19(4)33(13-9-11-20-10-7-8-12-22(20)29)26(36)32-27(25(34)35)16-28(30,31)17-27/h7-8,10,12,14-15,19H,5-6,9,11,13,16-17H2,1-4H3,(H,32,36)(H,34,35). The molecule has 3 rings (SSSR count). The molecule has 38 heavy (non-hydrogen) atoms. The Morgan fingerprint density at radius 2 is 1.68 bits per heavy atom. The number of ether oxygens (including phenoxy) is 2. The number of amides is 2. The number of halogens is 3. The van der Waals surface area contributed by atoms with Crippen LogP contribution in [0.3, 0.4) is 0 Å². The van der Waals surface area contributed by atoms with Gasteiger partial charge in [0.25, 0.3) is 5.92 Å². The first-order valence-corrected chi connectivity index (χ1v) is 12.8. The summed E-state index contributed by atoms with van der Waals surface area (Å²) in [7, 11) is 0. The van der Waals surface area contributed by atoms with E-state index < -0.39 is 42.3 Å². The predicted molar refractivity (Wildman–Crippen MR) is 136 cm³/mol. The smallest absolute Gasteiger partial charge is 0.329 e. The first-order chi connectivity index (χ1) is 17.9. The van der Waals surface area contributed by atoms with Crippen LogP contribution in [0.5, 0.6) is 11.5 Å². The van der Waals surface area contributed by atoms with E-state index in [4.69, 9.17) is 9.47 Å². The topological polar surface area (TPSA) is 88.1 Å². The predicted octanol–water partition coefficient (Wildman–Crippen LogP) is 5.89. The second-order valence-electron chi connectivity index (χ2n) is 9.60. The minimum absolute atomic E-state index is 0.120. The number of aliphatic carboxylic acids is 1. The van der Waals surface area contributed by atoms with Gasteiger partial charge < -0.3 is 24.8 Å². The van der Waals surface area contributed by atoms with E-state index in [9.17, 15) is 27.9 Å². The molecule has 0 spiro atoms. The monoisotopic (exact) mass is 536 g/mol. The first-order valence-electron chi connectivity index (χ1n) is 12.8. The molecule has 10 heteroatoms. The summed E-state index contributed by atoms with van der Waals surface area (Å²) in [5, 5.41) is 12.0. The van der Waals surface area contributed by atoms with Crippen molar-refractivity contribution < 1.29 is 37.3 Å². The Morgan fingerprint density at radius 1 is 1.11 bits per heavy atom. The van der Waals surface area contributed by atoms with Crippen LogP contribution in [0.1, 0.15) is 62.8 Å². The molecule has 1 atom stereocenters. The van der Waals surface area contributed by atoms with E-state index in [-0.39, 0.29) is 12.4 Å². The van der Waals surface area contributed by atoms with Crippen molar-refractivity contribution in [1.29, 1.82) is 0 Å². The van der Waals surface area contributed by atoms with Gasteiger partial charge in [-0.15, -0.1) is 0 Å². The zero-order valence-electron chi connectivity index (χ0n) is 22.2. The Labute approximate surface area is 220 Å². The lowest BCUT2D eigenvalue weighted by Crippen LogP contribution is -2.68. The fourth-order valence-electron chi connectivity index (χ4n) is 4.73. The van der Waals surface area contributed by atoms with Gasteiger partial charge in [-0.3, -0.25) is 0 Å². The maximum atomic E-state index is 14.1. The van der Waals surface area contributed by atoms with E-state index in [1.165, 1.54) is 11.0 Å². The molecule has 7 nitrogen and oxygen atoms in total. The highest BCUT2D eigenvalue weighted by Gasteiger charge is 2.62. The van der Waals surface area contributed by atoms with Crippen molar-refractivity contribution in [3.05, 3.63) is 58.9 Å². The van der Waals surface area contributed by atoms with E-state index in [0.717, 1.165) is 5.56 Å². The molecule has 208 valence electrons. The van der Waals surface area contributed by atoms with Crippen LogP contribution >= 0.6 is 0 Å². The van der Waals surface area contributed by atoms with Crippen molar-refractivity contribution >= 4 is 12.0 Å². The van der Waals surface area contributed by atoms with Crippen molar-refractivity contribution in [2.45, 2.75) is 70.9 Å². The number of hydrogen-bond acceptors (Lipinski definition) is 4. The minimum Gasteiger partial charge on any atom is -0.493 e. The molecule has 0 aliphatic heterocycles. The summed E-state index contributed by atoms with van der Waals surface area (Å²) in [5.74, 6) is -3.88. The Balaban J connectivity index is 1.91. The third-order valence-corrected chi connectivity index (χ3v) is 6.82. The van der Waals surface area contributed by atoms with Gasteiger partial charge in [-0.1, -0.05) is 18.2 Å². The maximum Gasteiger partial charge on any atom is 0.329 e. The number of urea groups is 1. The lowest BCUT2D eigenvalue weighted by atomic mass is 9.73. The zero-order valence-corrected chi connectivity index (χ0v) is 22.2. The number of nitrogens with zero attached hydrogens (tertiary/aromatic N) is 1. The van der Waals surface area contributed by atoms with Crippen LogP contribution in [0, 0.1) is 12.7 Å². The molecule has 1 aliphatic carbocycles. The van der Waals surface area contributed by atoms with E-state index in [1.807, 2.05) is 20.8 Å². The molecule has 1 fully saturated rings. The molecule has 1 aliphatic rings. The molecule has 2 aromatic rings. The lowest BCUT2D eigenvalue weighted by Gasteiger charge is -2.45. The van der Waals surface area contributed by atoms with Gasteiger partial charge in [-0.25, -0.2) is 22.8 Å². The number of nitrogens with one attached hydrogen (secondary N) is 1. The van der Waals surface area contributed by atoms with Gasteiger partial charge in [-0.05, 0) is 69.9 Å². The SMILES string of the molecule is CCOc1cc(C(C)N(CCCc2ccccc2F)C(=O)NC2(C(=O)O)CC(F)(F)C2)cc(OCC)c1C. The van der Waals surface area contributed by atoms with Gasteiger partial charge >= 0.3 is 12.0 Å². The van der Waals surface area contributed by atoms with Crippen LogP contribution in [0.4, 0.5) is 18.0 Å². The lowest BCUT2D eigenvalue weighted by molar-refractivity contribution is -0.175. The number of benzene rings is 2. The molecular formula is C28H35F3N2O5. The number of carboxylic acid groups (broad SMARTS) is 1. The fraction of sp³-hybridized carbons (Fsp3) is 0.500. The van der Waals surface area contributed by atoms with Crippen LogP contribution in [0.25, 0.3) is 0 Å². The molecule has 0 radical (unpaired) electrons. The largest absolute Gasteiger partial charge is 0.493 e. The van der Waals surface area contributed by atoms with Crippen LogP contribution in [0.2, 0.25) is 0 Å². The summed E-state index contributed by atoms with van der Waals surface area (Å²) in [4.78, 5) is 26.7. The molecular weight excluding hydrogens is 501 g/mol. The van der Waals surface area contributed by atoms with Crippen LogP contribution in [-0.2, 0) is 11.2 Å². The number of carbonyl (C=O) groups is 2. The van der Waals surface area contributed by atoms with E-state index in [1.54, 1.807) is 37.3 Å². The Hall–Kier alpha value is -3.43. The van der Waals surface area contributed by atoms with Crippen molar-refractivity contribution in [1.82, 2.24) is 10.2 Å². The Bertz CT molecular complexity index is 1120. The average Bonchev–Trinajstić information content (AvgIpc) is 2.83. The fourth-order valence-corrected chi connectivity index (χ4v) is 4.73. The number of carboxylic acids is 1. The number of aryl methyl sites for hydroxylation is 1. The average molecular weight is 537 g/mol. The molecule has 0 aromatic heterocycles. The third-order valence-electron chi connectivity index (χ3n) is 6.82. The zero-order chi connectivity index (χ0) is 28.1. The quantitative estimate of drug-likeness (QED) is 0.353. The summed E-state index contributed by atoms with van der Waals surface area (Å²) < 4.78 is 53.0. The molecule has 0 saturated heterocycles. The van der Waals surface area contributed by atoms with E-state index in [2.05, 4.69) is 5.32 Å². The number of hydrogen-bond donors (Lipinski definition) is 2. The number of carbonyl (C=O) groups excluding carboxylic acids is 1. The van der Waals surface area contributed by atoms with Gasteiger partial charge in [-0.2, -0.15) is 0 Å². The minimum atomic E-state index is -3.16. The van der Waals surface area contributed by atoms with Crippen LogP contribution in [-0.4, -0.2) is 53.2 Å². The second-order valence-corrected chi connectivity index (χ2v) is 9.60. The Morgan fingerprint density at radius 3 is 2.18 bits per heavy atom. The molecule has 2 amide bonds. The van der Waals surface area contributed by atoms with Crippen molar-refractivity contribution in [3.8, 4) is 11.5 Å². The molecule has 2 N–H and O–H groups in total.